The highest BCUT2D eigenvalue weighted by Gasteiger charge is 2.19. The smallest absolute Gasteiger partial charge is 0.261 e. The van der Waals surface area contributed by atoms with Crippen molar-refractivity contribution >= 4 is 25.7 Å². The van der Waals surface area contributed by atoms with Crippen LogP contribution in [0.4, 0.5) is 5.69 Å². The van der Waals surface area contributed by atoms with Crippen LogP contribution in [-0.2, 0) is 27.1 Å². The van der Waals surface area contributed by atoms with Gasteiger partial charge in [0.15, 0.2) is 5.82 Å². The Balaban J connectivity index is 1.94. The Morgan fingerprint density at radius 1 is 0.926 bits per heavy atom. The van der Waals surface area contributed by atoms with Gasteiger partial charge in [-0.1, -0.05) is 18.2 Å². The first kappa shape index (κ1) is 19.0. The Hall–Kier alpha value is -2.76. The van der Waals surface area contributed by atoms with E-state index in [-0.39, 0.29) is 9.79 Å². The summed E-state index contributed by atoms with van der Waals surface area (Å²) in [6.07, 6.45) is 1.54. The van der Waals surface area contributed by atoms with Crippen LogP contribution in [0.2, 0.25) is 0 Å². The largest absolute Gasteiger partial charge is 0.317 e. The molecule has 142 valence electrons. The second-order valence-corrected chi connectivity index (χ2v) is 9.20. The van der Waals surface area contributed by atoms with Gasteiger partial charge in [-0.3, -0.25) is 4.72 Å². The van der Waals surface area contributed by atoms with Crippen molar-refractivity contribution < 1.29 is 16.8 Å². The SMILES string of the molecule is CNS(=O)(=O)c1cccc(S(=O)(=O)Nc2cccc(-c3nncn3C)c2)c1. The fourth-order valence-electron chi connectivity index (χ4n) is 2.41. The molecule has 1 aromatic heterocycles. The Bertz CT molecular complexity index is 1190. The zero-order valence-electron chi connectivity index (χ0n) is 14.5. The van der Waals surface area contributed by atoms with Crippen molar-refractivity contribution in [1.82, 2.24) is 19.5 Å². The highest BCUT2D eigenvalue weighted by molar-refractivity contribution is 7.93. The van der Waals surface area contributed by atoms with Crippen LogP contribution in [0, 0.1) is 0 Å². The lowest BCUT2D eigenvalue weighted by Gasteiger charge is -2.10. The maximum absolute atomic E-state index is 12.7. The first-order chi connectivity index (χ1) is 12.7. The van der Waals surface area contributed by atoms with Crippen molar-refractivity contribution in [3.63, 3.8) is 0 Å². The van der Waals surface area contributed by atoms with Crippen molar-refractivity contribution in [3.05, 3.63) is 54.9 Å². The third-order valence-electron chi connectivity index (χ3n) is 3.78. The van der Waals surface area contributed by atoms with Gasteiger partial charge >= 0.3 is 0 Å². The summed E-state index contributed by atoms with van der Waals surface area (Å²) < 4.78 is 55.5. The third kappa shape index (κ3) is 3.99. The molecule has 3 rings (SSSR count). The van der Waals surface area contributed by atoms with E-state index in [1.54, 1.807) is 42.2 Å². The number of nitrogens with zero attached hydrogens (tertiary/aromatic N) is 3. The quantitative estimate of drug-likeness (QED) is 0.633. The number of hydrogen-bond donors (Lipinski definition) is 2. The van der Waals surface area contributed by atoms with Crippen LogP contribution in [-0.4, -0.2) is 38.6 Å². The van der Waals surface area contributed by atoms with E-state index in [4.69, 9.17) is 0 Å². The molecule has 0 aliphatic heterocycles. The molecule has 9 nitrogen and oxygen atoms in total. The first-order valence-corrected chi connectivity index (χ1v) is 10.7. The van der Waals surface area contributed by atoms with Gasteiger partial charge in [0.1, 0.15) is 6.33 Å². The summed E-state index contributed by atoms with van der Waals surface area (Å²) in [5, 5.41) is 7.79. The standard InChI is InChI=1S/C16H17N5O4S2/c1-17-26(22,23)14-7-4-8-15(10-14)27(24,25)20-13-6-3-5-12(9-13)16-19-18-11-21(16)2/h3-11,17,20H,1-2H3. The highest BCUT2D eigenvalue weighted by atomic mass is 32.2. The van der Waals surface area contributed by atoms with E-state index >= 15 is 0 Å². The Morgan fingerprint density at radius 3 is 2.22 bits per heavy atom. The fraction of sp³-hybridized carbons (Fsp3) is 0.125. The fourth-order valence-corrected chi connectivity index (χ4v) is 4.35. The van der Waals surface area contributed by atoms with Gasteiger partial charge in [0, 0.05) is 18.3 Å². The zero-order chi connectivity index (χ0) is 19.7. The minimum atomic E-state index is -3.99. The average Bonchev–Trinajstić information content (AvgIpc) is 3.08. The molecule has 0 saturated heterocycles. The maximum Gasteiger partial charge on any atom is 0.261 e. The van der Waals surface area contributed by atoms with Gasteiger partial charge in [0.25, 0.3) is 10.0 Å². The Kier molecular flexibility index (Phi) is 5.00. The monoisotopic (exact) mass is 407 g/mol. The van der Waals surface area contributed by atoms with E-state index in [2.05, 4.69) is 19.6 Å². The minimum Gasteiger partial charge on any atom is -0.317 e. The van der Waals surface area contributed by atoms with Crippen LogP contribution in [0.3, 0.4) is 0 Å². The minimum absolute atomic E-state index is 0.138. The molecule has 0 aliphatic carbocycles. The summed E-state index contributed by atoms with van der Waals surface area (Å²) in [4.78, 5) is -0.302. The van der Waals surface area contributed by atoms with E-state index in [1.165, 1.54) is 25.2 Å². The van der Waals surface area contributed by atoms with Gasteiger partial charge in [-0.05, 0) is 37.4 Å². The number of nitrogens with one attached hydrogen (secondary N) is 2. The highest BCUT2D eigenvalue weighted by Crippen LogP contribution is 2.23. The summed E-state index contributed by atoms with van der Waals surface area (Å²) in [6, 6.07) is 11.8. The molecule has 2 aromatic carbocycles. The van der Waals surface area contributed by atoms with Gasteiger partial charge in [-0.15, -0.1) is 10.2 Å². The molecule has 27 heavy (non-hydrogen) atoms. The number of rotatable bonds is 6. The van der Waals surface area contributed by atoms with Crippen LogP contribution in [0.5, 0.6) is 0 Å². The van der Waals surface area contributed by atoms with Crippen LogP contribution in [0.15, 0.2) is 64.6 Å². The van der Waals surface area contributed by atoms with Crippen LogP contribution in [0.25, 0.3) is 11.4 Å². The van der Waals surface area contributed by atoms with Crippen molar-refractivity contribution in [2.75, 3.05) is 11.8 Å². The van der Waals surface area contributed by atoms with E-state index in [1.807, 2.05) is 0 Å². The summed E-state index contributed by atoms with van der Waals surface area (Å²) in [5.41, 5.74) is 0.999. The van der Waals surface area contributed by atoms with Gasteiger partial charge in [-0.25, -0.2) is 21.6 Å². The lowest BCUT2D eigenvalue weighted by Crippen LogP contribution is -2.19. The summed E-state index contributed by atoms with van der Waals surface area (Å²) in [5.74, 6) is 0.582. The normalized spacial score (nSPS) is 12.1. The molecule has 1 heterocycles. The molecule has 0 spiro atoms. The molecule has 11 heteroatoms. The van der Waals surface area contributed by atoms with E-state index in [0.29, 0.717) is 17.1 Å². The molecule has 0 unspecified atom stereocenters. The number of anilines is 1. The van der Waals surface area contributed by atoms with E-state index in [9.17, 15) is 16.8 Å². The molecule has 2 N–H and O–H groups in total. The molecule has 0 radical (unpaired) electrons. The van der Waals surface area contributed by atoms with Crippen LogP contribution in [0.1, 0.15) is 0 Å². The first-order valence-electron chi connectivity index (χ1n) is 7.74. The van der Waals surface area contributed by atoms with Crippen molar-refractivity contribution in [1.29, 1.82) is 0 Å². The third-order valence-corrected chi connectivity index (χ3v) is 6.57. The van der Waals surface area contributed by atoms with Crippen molar-refractivity contribution in [2.24, 2.45) is 7.05 Å². The molecular formula is C16H17N5O4S2. The number of sulfonamides is 2. The zero-order valence-corrected chi connectivity index (χ0v) is 16.1. The predicted molar refractivity (Wildman–Crippen MR) is 99.9 cm³/mol. The predicted octanol–water partition coefficient (Wildman–Crippen LogP) is 1.19. The maximum atomic E-state index is 12.7. The average molecular weight is 407 g/mol. The molecule has 0 aliphatic rings. The van der Waals surface area contributed by atoms with Crippen LogP contribution < -0.4 is 9.44 Å². The summed E-state index contributed by atoms with van der Waals surface area (Å²) in [7, 11) is -4.71. The van der Waals surface area contributed by atoms with Gasteiger partial charge < -0.3 is 4.57 Å². The molecule has 3 aromatic rings. The molecule has 0 amide bonds. The second-order valence-electron chi connectivity index (χ2n) is 5.63. The lowest BCUT2D eigenvalue weighted by molar-refractivity contribution is 0.588. The number of aromatic nitrogens is 3. The summed E-state index contributed by atoms with van der Waals surface area (Å²) in [6.45, 7) is 0. The van der Waals surface area contributed by atoms with Crippen molar-refractivity contribution in [2.45, 2.75) is 9.79 Å². The number of hydrogen-bond acceptors (Lipinski definition) is 6. The number of aryl methyl sites for hydroxylation is 1. The lowest BCUT2D eigenvalue weighted by atomic mass is 10.2. The Morgan fingerprint density at radius 2 is 1.59 bits per heavy atom. The van der Waals surface area contributed by atoms with Crippen molar-refractivity contribution in [3.8, 4) is 11.4 Å². The Labute approximate surface area is 157 Å². The van der Waals surface area contributed by atoms with E-state index < -0.39 is 20.0 Å². The van der Waals surface area contributed by atoms with Gasteiger partial charge in [-0.2, -0.15) is 0 Å². The summed E-state index contributed by atoms with van der Waals surface area (Å²) >= 11 is 0. The molecule has 0 fully saturated rings. The van der Waals surface area contributed by atoms with E-state index in [0.717, 1.165) is 6.07 Å². The van der Waals surface area contributed by atoms with Gasteiger partial charge in [0.2, 0.25) is 10.0 Å². The number of benzene rings is 2. The van der Waals surface area contributed by atoms with Crippen LogP contribution >= 0.6 is 0 Å². The molecular weight excluding hydrogens is 390 g/mol. The molecule has 0 atom stereocenters. The van der Waals surface area contributed by atoms with Gasteiger partial charge in [0.05, 0.1) is 9.79 Å². The topological polar surface area (TPSA) is 123 Å². The molecule has 0 saturated carbocycles. The molecule has 0 bridgehead atoms. The second kappa shape index (κ2) is 7.10.